The summed E-state index contributed by atoms with van der Waals surface area (Å²) in [6, 6.07) is 5.95. The molecule has 0 aromatic carbocycles. The second kappa shape index (κ2) is 6.37. The highest BCUT2D eigenvalue weighted by molar-refractivity contribution is 5.70. The van der Waals surface area contributed by atoms with Crippen LogP contribution >= 0.6 is 0 Å². The summed E-state index contributed by atoms with van der Waals surface area (Å²) in [6.07, 6.45) is 0.172. The molecule has 7 nitrogen and oxygen atoms in total. The highest BCUT2D eigenvalue weighted by Crippen LogP contribution is 2.10. The topological polar surface area (TPSA) is 96.0 Å². The second-order valence-corrected chi connectivity index (χ2v) is 3.67. The molecular weight excluding hydrogens is 268 g/mol. The number of furan rings is 2. The van der Waals surface area contributed by atoms with Gasteiger partial charge in [0, 0.05) is 0 Å². The number of carbonyl (C=O) groups is 3. The summed E-state index contributed by atoms with van der Waals surface area (Å²) in [5, 5.41) is 0. The Hall–Kier alpha value is -2.83. The lowest BCUT2D eigenvalue weighted by Gasteiger charge is -2.03. The van der Waals surface area contributed by atoms with Gasteiger partial charge in [-0.15, -0.1) is 0 Å². The summed E-state index contributed by atoms with van der Waals surface area (Å²) in [4.78, 5) is 32.0. The van der Waals surface area contributed by atoms with Crippen LogP contribution in [0.4, 0.5) is 4.79 Å². The van der Waals surface area contributed by atoms with Crippen molar-refractivity contribution in [1.29, 1.82) is 0 Å². The van der Waals surface area contributed by atoms with Crippen LogP contribution in [0.15, 0.2) is 33.1 Å². The lowest BCUT2D eigenvalue weighted by atomic mass is 10.4. The molecule has 0 aliphatic heterocycles. The highest BCUT2D eigenvalue weighted by atomic mass is 16.7. The van der Waals surface area contributed by atoms with E-state index in [-0.39, 0.29) is 24.7 Å². The molecule has 0 aliphatic rings. The smallest absolute Gasteiger partial charge is 0.455 e. The minimum atomic E-state index is -0.918. The molecule has 0 atom stereocenters. The van der Waals surface area contributed by atoms with Crippen molar-refractivity contribution < 1.29 is 32.7 Å². The van der Waals surface area contributed by atoms with E-state index in [0.717, 1.165) is 0 Å². The van der Waals surface area contributed by atoms with Crippen molar-refractivity contribution in [2.24, 2.45) is 0 Å². The van der Waals surface area contributed by atoms with Gasteiger partial charge in [0.25, 0.3) is 0 Å². The predicted molar refractivity (Wildman–Crippen MR) is 63.2 cm³/mol. The van der Waals surface area contributed by atoms with Crippen molar-refractivity contribution >= 4 is 18.7 Å². The van der Waals surface area contributed by atoms with Crippen LogP contribution in [0.5, 0.6) is 0 Å². The lowest BCUT2D eigenvalue weighted by molar-refractivity contribution is 0.0360. The molecule has 2 aromatic rings. The van der Waals surface area contributed by atoms with E-state index in [1.54, 1.807) is 0 Å². The van der Waals surface area contributed by atoms with E-state index in [1.165, 1.54) is 24.3 Å². The average Bonchev–Trinajstić information content (AvgIpc) is 3.11. The summed E-state index contributed by atoms with van der Waals surface area (Å²) >= 11 is 0. The molecule has 0 saturated heterocycles. The summed E-state index contributed by atoms with van der Waals surface area (Å²) in [7, 11) is 0. The quantitative estimate of drug-likeness (QED) is 0.591. The fourth-order valence-electron chi connectivity index (χ4n) is 1.37. The van der Waals surface area contributed by atoms with E-state index < -0.39 is 6.16 Å². The van der Waals surface area contributed by atoms with E-state index in [1.807, 2.05) is 0 Å². The number of ether oxygens (including phenoxy) is 2. The Balaban J connectivity index is 1.75. The second-order valence-electron chi connectivity index (χ2n) is 3.67. The van der Waals surface area contributed by atoms with Crippen LogP contribution in [0.1, 0.15) is 32.6 Å². The molecule has 104 valence electrons. The molecule has 0 saturated carbocycles. The summed E-state index contributed by atoms with van der Waals surface area (Å²) < 4.78 is 19.5. The van der Waals surface area contributed by atoms with Gasteiger partial charge in [0.2, 0.25) is 0 Å². The third-order valence-electron chi connectivity index (χ3n) is 2.26. The molecule has 2 heterocycles. The monoisotopic (exact) mass is 278 g/mol. The molecule has 0 aliphatic carbocycles. The Morgan fingerprint density at radius 3 is 1.70 bits per heavy atom. The maximum absolute atomic E-state index is 11.3. The van der Waals surface area contributed by atoms with Crippen molar-refractivity contribution in [2.75, 3.05) is 0 Å². The zero-order valence-corrected chi connectivity index (χ0v) is 10.2. The maximum atomic E-state index is 11.3. The first-order chi connectivity index (χ1) is 9.71. The number of carbonyl (C=O) groups excluding carboxylic acids is 3. The first-order valence-corrected chi connectivity index (χ1v) is 5.58. The van der Waals surface area contributed by atoms with Crippen LogP contribution in [0, 0.1) is 0 Å². The molecule has 2 aromatic heterocycles. The summed E-state index contributed by atoms with van der Waals surface area (Å²) in [6.45, 7) is -0.297. The van der Waals surface area contributed by atoms with Gasteiger partial charge in [-0.2, -0.15) is 0 Å². The fourth-order valence-corrected chi connectivity index (χ4v) is 1.37. The molecule has 0 bridgehead atoms. The minimum Gasteiger partial charge on any atom is -0.455 e. The SMILES string of the molecule is O=Cc1ccc(COC(=O)OCc2ccc(C=O)o2)o1. The Kier molecular flexibility index (Phi) is 4.33. The van der Waals surface area contributed by atoms with E-state index in [0.29, 0.717) is 24.1 Å². The molecule has 0 radical (unpaired) electrons. The van der Waals surface area contributed by atoms with Gasteiger partial charge in [0.1, 0.15) is 11.5 Å². The number of aldehydes is 2. The Morgan fingerprint density at radius 2 is 1.35 bits per heavy atom. The normalized spacial score (nSPS) is 10.0. The molecular formula is C13H10O7. The minimum absolute atomic E-state index is 0.147. The summed E-state index contributed by atoms with van der Waals surface area (Å²) in [5.41, 5.74) is 0. The number of hydrogen-bond acceptors (Lipinski definition) is 7. The Labute approximate surface area is 113 Å². The number of rotatable bonds is 6. The molecule has 0 fully saturated rings. The van der Waals surface area contributed by atoms with E-state index in [4.69, 9.17) is 18.3 Å². The zero-order chi connectivity index (χ0) is 14.4. The van der Waals surface area contributed by atoms with Crippen LogP contribution < -0.4 is 0 Å². The predicted octanol–water partition coefficient (Wildman–Crippen LogP) is 2.35. The molecule has 0 amide bonds. The molecule has 2 rings (SSSR count). The molecule has 0 N–H and O–H groups in total. The first kappa shape index (κ1) is 13.6. The van der Waals surface area contributed by atoms with Gasteiger partial charge in [-0.25, -0.2) is 4.79 Å². The standard InChI is InChI=1S/C13H10O7/c14-5-9-1-3-11(19-9)7-17-13(16)18-8-12-4-2-10(6-15)20-12/h1-6H,7-8H2. The van der Waals surface area contributed by atoms with Gasteiger partial charge >= 0.3 is 6.16 Å². The van der Waals surface area contributed by atoms with E-state index >= 15 is 0 Å². The van der Waals surface area contributed by atoms with Gasteiger partial charge in [0.05, 0.1) is 0 Å². The summed E-state index contributed by atoms with van der Waals surface area (Å²) in [5.74, 6) is 0.943. The van der Waals surface area contributed by atoms with Gasteiger partial charge in [-0.1, -0.05) is 0 Å². The lowest BCUT2D eigenvalue weighted by Crippen LogP contribution is -2.06. The van der Waals surface area contributed by atoms with Gasteiger partial charge in [0.15, 0.2) is 37.3 Å². The van der Waals surface area contributed by atoms with Crippen LogP contribution in [0.25, 0.3) is 0 Å². The molecule has 0 unspecified atom stereocenters. The first-order valence-electron chi connectivity index (χ1n) is 5.58. The average molecular weight is 278 g/mol. The number of hydrogen-bond donors (Lipinski definition) is 0. The van der Waals surface area contributed by atoms with Gasteiger partial charge in [-0.3, -0.25) is 9.59 Å². The van der Waals surface area contributed by atoms with Crippen LogP contribution in [0.2, 0.25) is 0 Å². The molecule has 7 heteroatoms. The molecule has 20 heavy (non-hydrogen) atoms. The van der Waals surface area contributed by atoms with Crippen molar-refractivity contribution in [3.63, 3.8) is 0 Å². The van der Waals surface area contributed by atoms with E-state index in [2.05, 4.69) is 0 Å². The third-order valence-corrected chi connectivity index (χ3v) is 2.26. The maximum Gasteiger partial charge on any atom is 0.509 e. The Morgan fingerprint density at radius 1 is 0.900 bits per heavy atom. The van der Waals surface area contributed by atoms with Crippen molar-refractivity contribution in [2.45, 2.75) is 13.2 Å². The van der Waals surface area contributed by atoms with Gasteiger partial charge < -0.3 is 18.3 Å². The van der Waals surface area contributed by atoms with Crippen LogP contribution in [-0.4, -0.2) is 18.7 Å². The Bertz CT molecular complexity index is 556. The third kappa shape index (κ3) is 3.58. The van der Waals surface area contributed by atoms with Crippen LogP contribution in [0.3, 0.4) is 0 Å². The highest BCUT2D eigenvalue weighted by Gasteiger charge is 2.09. The largest absolute Gasteiger partial charge is 0.509 e. The van der Waals surface area contributed by atoms with Crippen molar-refractivity contribution in [3.8, 4) is 0 Å². The van der Waals surface area contributed by atoms with Gasteiger partial charge in [-0.05, 0) is 24.3 Å². The zero-order valence-electron chi connectivity index (χ0n) is 10.2. The fraction of sp³-hybridized carbons (Fsp3) is 0.154. The van der Waals surface area contributed by atoms with Crippen LogP contribution in [-0.2, 0) is 22.7 Å². The van der Waals surface area contributed by atoms with Crippen molar-refractivity contribution in [1.82, 2.24) is 0 Å². The van der Waals surface area contributed by atoms with Crippen molar-refractivity contribution in [3.05, 3.63) is 47.3 Å². The molecule has 0 spiro atoms. The van der Waals surface area contributed by atoms with E-state index in [9.17, 15) is 14.4 Å².